The van der Waals surface area contributed by atoms with Crippen molar-refractivity contribution in [2.45, 2.75) is 6.54 Å². The van der Waals surface area contributed by atoms with Crippen LogP contribution in [-0.2, 0) is 6.54 Å². The summed E-state index contributed by atoms with van der Waals surface area (Å²) >= 11 is 0. The van der Waals surface area contributed by atoms with Crippen LogP contribution in [0, 0.1) is 0 Å². The van der Waals surface area contributed by atoms with Crippen molar-refractivity contribution in [2.75, 3.05) is 14.2 Å². The smallest absolute Gasteiger partial charge is 0.118 e. The zero-order chi connectivity index (χ0) is 13.5. The second kappa shape index (κ2) is 6.54. The van der Waals surface area contributed by atoms with Crippen LogP contribution in [-0.4, -0.2) is 19.1 Å². The predicted molar refractivity (Wildman–Crippen MR) is 75.7 cm³/mol. The molecule has 1 aromatic rings. The molecule has 0 aliphatic carbocycles. The monoisotopic (exact) mass is 255 g/mol. The Morgan fingerprint density at radius 2 is 1.84 bits per heavy atom. The lowest BCUT2D eigenvalue weighted by molar-refractivity contribution is 0.414. The average molecular weight is 255 g/mol. The first-order valence-corrected chi connectivity index (χ1v) is 6.06. The van der Waals surface area contributed by atoms with Crippen molar-refractivity contribution < 1.29 is 4.74 Å². The molecule has 98 valence electrons. The predicted octanol–water partition coefficient (Wildman–Crippen LogP) is 3.50. The van der Waals surface area contributed by atoms with Gasteiger partial charge >= 0.3 is 0 Å². The van der Waals surface area contributed by atoms with E-state index in [1.807, 2.05) is 60.8 Å². The summed E-state index contributed by atoms with van der Waals surface area (Å²) in [6.07, 6.45) is 9.69. The SMILES string of the molecule is COc1ccc(CN=NC=C2C=CN(C)C=C2)cc1. The summed E-state index contributed by atoms with van der Waals surface area (Å²) in [5.74, 6) is 0.851. The Hall–Kier alpha value is -2.36. The van der Waals surface area contributed by atoms with Gasteiger partial charge in [0.2, 0.25) is 0 Å². The fourth-order valence-corrected chi connectivity index (χ4v) is 1.56. The van der Waals surface area contributed by atoms with E-state index in [0.717, 1.165) is 16.9 Å². The molecule has 0 amide bonds. The van der Waals surface area contributed by atoms with Gasteiger partial charge in [-0.3, -0.25) is 0 Å². The number of ether oxygens (including phenoxy) is 1. The Balaban J connectivity index is 1.88. The number of rotatable bonds is 4. The molecule has 0 bridgehead atoms. The first-order chi connectivity index (χ1) is 9.28. The second-order valence-corrected chi connectivity index (χ2v) is 4.19. The summed E-state index contributed by atoms with van der Waals surface area (Å²) < 4.78 is 5.10. The summed E-state index contributed by atoms with van der Waals surface area (Å²) in [7, 11) is 3.64. The highest BCUT2D eigenvalue weighted by Gasteiger charge is 1.94. The van der Waals surface area contributed by atoms with Gasteiger partial charge in [0.25, 0.3) is 0 Å². The van der Waals surface area contributed by atoms with Crippen molar-refractivity contribution in [1.82, 2.24) is 4.90 Å². The molecule has 0 N–H and O–H groups in total. The zero-order valence-electron chi connectivity index (χ0n) is 11.2. The van der Waals surface area contributed by atoms with Gasteiger partial charge in [0.05, 0.1) is 19.9 Å². The molecule has 0 saturated heterocycles. The van der Waals surface area contributed by atoms with Gasteiger partial charge in [-0.2, -0.15) is 10.2 Å². The number of allylic oxidation sites excluding steroid dienone is 3. The lowest BCUT2D eigenvalue weighted by Gasteiger charge is -2.10. The van der Waals surface area contributed by atoms with E-state index in [4.69, 9.17) is 4.74 Å². The van der Waals surface area contributed by atoms with Gasteiger partial charge in [-0.25, -0.2) is 0 Å². The highest BCUT2D eigenvalue weighted by atomic mass is 16.5. The molecule has 0 fully saturated rings. The third kappa shape index (κ3) is 4.10. The minimum atomic E-state index is 0.571. The maximum absolute atomic E-state index is 5.10. The van der Waals surface area contributed by atoms with Crippen molar-refractivity contribution >= 4 is 0 Å². The topological polar surface area (TPSA) is 37.2 Å². The summed E-state index contributed by atoms with van der Waals surface area (Å²) in [6.45, 7) is 0.571. The van der Waals surface area contributed by atoms with E-state index >= 15 is 0 Å². The third-order valence-electron chi connectivity index (χ3n) is 2.71. The largest absolute Gasteiger partial charge is 0.497 e. The molecule has 4 heteroatoms. The van der Waals surface area contributed by atoms with Crippen LogP contribution in [0.1, 0.15) is 5.56 Å². The van der Waals surface area contributed by atoms with Gasteiger partial charge in [0, 0.05) is 19.4 Å². The van der Waals surface area contributed by atoms with E-state index in [1.54, 1.807) is 13.3 Å². The van der Waals surface area contributed by atoms with Gasteiger partial charge in [0.1, 0.15) is 5.75 Å². The highest BCUT2D eigenvalue weighted by Crippen LogP contribution is 2.12. The number of benzene rings is 1. The number of hydrogen-bond donors (Lipinski definition) is 0. The Labute approximate surface area is 113 Å². The second-order valence-electron chi connectivity index (χ2n) is 4.19. The molecule has 0 atom stereocenters. The third-order valence-corrected chi connectivity index (χ3v) is 2.71. The van der Waals surface area contributed by atoms with Crippen molar-refractivity contribution in [1.29, 1.82) is 0 Å². The Bertz CT molecular complexity index is 511. The fraction of sp³-hybridized carbons (Fsp3) is 0.200. The summed E-state index contributed by atoms with van der Waals surface area (Å²) in [4.78, 5) is 1.98. The van der Waals surface area contributed by atoms with Crippen LogP contribution < -0.4 is 4.74 Å². The van der Waals surface area contributed by atoms with Crippen LogP contribution >= 0.6 is 0 Å². The number of hydrogen-bond acceptors (Lipinski definition) is 4. The van der Waals surface area contributed by atoms with Gasteiger partial charge in [-0.15, -0.1) is 0 Å². The summed E-state index contributed by atoms with van der Waals surface area (Å²) in [6, 6.07) is 7.82. The zero-order valence-corrected chi connectivity index (χ0v) is 11.2. The molecule has 0 unspecified atom stereocenters. The molecule has 0 saturated carbocycles. The van der Waals surface area contributed by atoms with E-state index in [1.165, 1.54) is 0 Å². The summed E-state index contributed by atoms with van der Waals surface area (Å²) in [5.41, 5.74) is 2.15. The van der Waals surface area contributed by atoms with E-state index in [-0.39, 0.29) is 0 Å². The molecule has 4 nitrogen and oxygen atoms in total. The van der Waals surface area contributed by atoms with E-state index in [9.17, 15) is 0 Å². The molecular weight excluding hydrogens is 238 g/mol. The molecule has 0 radical (unpaired) electrons. The molecular formula is C15H17N3O. The first kappa shape index (κ1) is 13.1. The molecule has 1 heterocycles. The number of methoxy groups -OCH3 is 1. The maximum atomic E-state index is 5.10. The average Bonchev–Trinajstić information content (AvgIpc) is 2.46. The molecule has 19 heavy (non-hydrogen) atoms. The maximum Gasteiger partial charge on any atom is 0.118 e. The highest BCUT2D eigenvalue weighted by molar-refractivity contribution is 5.32. The van der Waals surface area contributed by atoms with E-state index < -0.39 is 0 Å². The Kier molecular flexibility index (Phi) is 4.50. The Morgan fingerprint density at radius 3 is 2.47 bits per heavy atom. The summed E-state index contributed by atoms with van der Waals surface area (Å²) in [5, 5.41) is 8.21. The van der Waals surface area contributed by atoms with Crippen LogP contribution in [0.3, 0.4) is 0 Å². The van der Waals surface area contributed by atoms with Crippen LogP contribution in [0.4, 0.5) is 0 Å². The quantitative estimate of drug-likeness (QED) is 0.772. The van der Waals surface area contributed by atoms with E-state index in [0.29, 0.717) is 6.54 Å². The van der Waals surface area contributed by atoms with Gasteiger partial charge in [-0.05, 0) is 35.4 Å². The van der Waals surface area contributed by atoms with Gasteiger partial charge < -0.3 is 9.64 Å². The molecule has 1 aromatic carbocycles. The fourth-order valence-electron chi connectivity index (χ4n) is 1.56. The van der Waals surface area contributed by atoms with Crippen molar-refractivity contribution in [3.8, 4) is 5.75 Å². The lowest BCUT2D eigenvalue weighted by Crippen LogP contribution is -2.02. The lowest BCUT2D eigenvalue weighted by atomic mass is 10.2. The van der Waals surface area contributed by atoms with Gasteiger partial charge in [-0.1, -0.05) is 12.1 Å². The van der Waals surface area contributed by atoms with Crippen molar-refractivity contribution in [3.63, 3.8) is 0 Å². The molecule has 2 rings (SSSR count). The first-order valence-electron chi connectivity index (χ1n) is 6.06. The Morgan fingerprint density at radius 1 is 1.16 bits per heavy atom. The molecule has 1 aliphatic rings. The van der Waals surface area contributed by atoms with Crippen LogP contribution in [0.25, 0.3) is 0 Å². The van der Waals surface area contributed by atoms with Crippen molar-refractivity contribution in [2.24, 2.45) is 10.2 Å². The van der Waals surface area contributed by atoms with Crippen LogP contribution in [0.2, 0.25) is 0 Å². The number of nitrogens with zero attached hydrogens (tertiary/aromatic N) is 3. The van der Waals surface area contributed by atoms with Crippen LogP contribution in [0.15, 0.2) is 70.8 Å². The molecule has 0 spiro atoms. The van der Waals surface area contributed by atoms with E-state index in [2.05, 4.69) is 10.2 Å². The normalized spacial score (nSPS) is 14.2. The molecule has 1 aliphatic heterocycles. The molecule has 0 aromatic heterocycles. The van der Waals surface area contributed by atoms with Crippen molar-refractivity contribution in [3.05, 3.63) is 66.2 Å². The van der Waals surface area contributed by atoms with Crippen LogP contribution in [0.5, 0.6) is 5.75 Å². The standard InChI is InChI=1S/C15H17N3O/c1-18-9-7-14(8-10-18)12-17-16-11-13-3-5-15(19-2)6-4-13/h3-10,12H,11H2,1-2H3. The number of azo groups is 1. The van der Waals surface area contributed by atoms with Gasteiger partial charge in [0.15, 0.2) is 0 Å². The minimum absolute atomic E-state index is 0.571. The minimum Gasteiger partial charge on any atom is -0.497 e.